The number of benzene rings is 1. The van der Waals surface area contributed by atoms with Gasteiger partial charge in [0.2, 0.25) is 5.91 Å². The number of imide groups is 1. The first-order valence-corrected chi connectivity index (χ1v) is 8.49. The van der Waals surface area contributed by atoms with Gasteiger partial charge in [-0.3, -0.25) is 19.3 Å². The molecule has 1 fully saturated rings. The predicted molar refractivity (Wildman–Crippen MR) is 89.7 cm³/mol. The Labute approximate surface area is 142 Å². The zero-order chi connectivity index (χ0) is 17.1. The lowest BCUT2D eigenvalue weighted by Crippen LogP contribution is -2.44. The number of fused-ring (bicyclic) bond motifs is 1. The SMILES string of the molecule is CN(CCN1CCCCC1)C(=O)CN1C(=O)c2ccccc2C1=O. The van der Waals surface area contributed by atoms with E-state index in [1.54, 1.807) is 36.2 Å². The summed E-state index contributed by atoms with van der Waals surface area (Å²) in [5, 5.41) is 0. The van der Waals surface area contributed by atoms with Gasteiger partial charge < -0.3 is 9.80 Å². The zero-order valence-electron chi connectivity index (χ0n) is 14.0. The quantitative estimate of drug-likeness (QED) is 0.762. The van der Waals surface area contributed by atoms with Gasteiger partial charge in [0.1, 0.15) is 6.54 Å². The number of piperidine rings is 1. The van der Waals surface area contributed by atoms with E-state index in [1.165, 1.54) is 19.3 Å². The number of rotatable bonds is 5. The lowest BCUT2D eigenvalue weighted by Gasteiger charge is -2.29. The molecule has 0 atom stereocenters. The first-order chi connectivity index (χ1) is 11.6. The van der Waals surface area contributed by atoms with Crippen LogP contribution in [0.5, 0.6) is 0 Å². The average Bonchev–Trinajstić information content (AvgIpc) is 2.86. The maximum absolute atomic E-state index is 12.4. The molecular formula is C18H23N3O3. The van der Waals surface area contributed by atoms with E-state index >= 15 is 0 Å². The maximum atomic E-state index is 12.4. The second-order valence-electron chi connectivity index (χ2n) is 6.46. The third-order valence-electron chi connectivity index (χ3n) is 4.80. The summed E-state index contributed by atoms with van der Waals surface area (Å²) in [5.41, 5.74) is 0.762. The lowest BCUT2D eigenvalue weighted by molar-refractivity contribution is -0.130. The van der Waals surface area contributed by atoms with E-state index in [9.17, 15) is 14.4 Å². The molecule has 3 rings (SSSR count). The number of carbonyl (C=O) groups excluding carboxylic acids is 3. The van der Waals surface area contributed by atoms with Gasteiger partial charge in [0, 0.05) is 20.1 Å². The fraction of sp³-hybridized carbons (Fsp3) is 0.500. The van der Waals surface area contributed by atoms with Crippen molar-refractivity contribution in [3.8, 4) is 0 Å². The Hall–Kier alpha value is -2.21. The van der Waals surface area contributed by atoms with Crippen molar-refractivity contribution in [1.82, 2.24) is 14.7 Å². The second-order valence-corrected chi connectivity index (χ2v) is 6.46. The van der Waals surface area contributed by atoms with Crippen LogP contribution in [0.3, 0.4) is 0 Å². The Morgan fingerprint density at radius 1 is 1.04 bits per heavy atom. The van der Waals surface area contributed by atoms with Crippen LogP contribution in [0.2, 0.25) is 0 Å². The smallest absolute Gasteiger partial charge is 0.262 e. The summed E-state index contributed by atoms with van der Waals surface area (Å²) in [6, 6.07) is 6.69. The molecule has 0 radical (unpaired) electrons. The number of likely N-dealkylation sites (tertiary alicyclic amines) is 1. The van der Waals surface area contributed by atoms with Crippen LogP contribution in [0.1, 0.15) is 40.0 Å². The van der Waals surface area contributed by atoms with Crippen molar-refractivity contribution < 1.29 is 14.4 Å². The molecule has 0 unspecified atom stereocenters. The molecule has 1 aromatic rings. The third kappa shape index (κ3) is 3.33. The minimum atomic E-state index is -0.381. The number of amides is 3. The molecule has 0 bridgehead atoms. The van der Waals surface area contributed by atoms with E-state index < -0.39 is 0 Å². The van der Waals surface area contributed by atoms with E-state index in [0.29, 0.717) is 17.7 Å². The second kappa shape index (κ2) is 7.13. The van der Waals surface area contributed by atoms with Crippen molar-refractivity contribution in [3.05, 3.63) is 35.4 Å². The Kier molecular flexibility index (Phi) is 4.94. The number of likely N-dealkylation sites (N-methyl/N-ethyl adjacent to an activating group) is 1. The van der Waals surface area contributed by atoms with Crippen molar-refractivity contribution in [2.75, 3.05) is 39.8 Å². The molecule has 0 saturated carbocycles. The highest BCUT2D eigenvalue weighted by Gasteiger charge is 2.36. The Morgan fingerprint density at radius 3 is 2.21 bits per heavy atom. The predicted octanol–water partition coefficient (Wildman–Crippen LogP) is 1.23. The van der Waals surface area contributed by atoms with Gasteiger partial charge in [0.25, 0.3) is 11.8 Å². The Morgan fingerprint density at radius 2 is 1.62 bits per heavy atom. The molecule has 24 heavy (non-hydrogen) atoms. The molecule has 128 valence electrons. The average molecular weight is 329 g/mol. The number of hydrogen-bond donors (Lipinski definition) is 0. The van der Waals surface area contributed by atoms with E-state index in [1.807, 2.05) is 0 Å². The standard InChI is InChI=1S/C18H23N3O3/c1-19(11-12-20-9-5-2-6-10-20)16(22)13-21-17(23)14-7-3-4-8-15(14)18(21)24/h3-4,7-8H,2,5-6,9-13H2,1H3. The van der Waals surface area contributed by atoms with Crippen LogP contribution in [0.4, 0.5) is 0 Å². The van der Waals surface area contributed by atoms with Crippen LogP contribution in [0.15, 0.2) is 24.3 Å². The van der Waals surface area contributed by atoms with Crippen LogP contribution in [0.25, 0.3) is 0 Å². The van der Waals surface area contributed by atoms with E-state index in [4.69, 9.17) is 0 Å². The number of carbonyl (C=O) groups is 3. The molecule has 3 amide bonds. The third-order valence-corrected chi connectivity index (χ3v) is 4.80. The van der Waals surface area contributed by atoms with Gasteiger partial charge in [0.05, 0.1) is 11.1 Å². The highest BCUT2D eigenvalue weighted by molar-refractivity contribution is 6.22. The van der Waals surface area contributed by atoms with Gasteiger partial charge in [-0.15, -0.1) is 0 Å². The topological polar surface area (TPSA) is 60.9 Å². The molecule has 2 heterocycles. The van der Waals surface area contributed by atoms with Crippen LogP contribution in [-0.2, 0) is 4.79 Å². The van der Waals surface area contributed by atoms with Gasteiger partial charge in [-0.05, 0) is 38.1 Å². The molecule has 1 aromatic carbocycles. The molecule has 2 aliphatic rings. The Bertz CT molecular complexity index is 618. The molecule has 0 N–H and O–H groups in total. The lowest BCUT2D eigenvalue weighted by atomic mass is 10.1. The summed E-state index contributed by atoms with van der Waals surface area (Å²) in [6.07, 6.45) is 3.71. The monoisotopic (exact) mass is 329 g/mol. The Balaban J connectivity index is 1.55. The summed E-state index contributed by atoms with van der Waals surface area (Å²) in [7, 11) is 1.73. The highest BCUT2D eigenvalue weighted by atomic mass is 16.2. The van der Waals surface area contributed by atoms with Gasteiger partial charge in [-0.2, -0.15) is 0 Å². The van der Waals surface area contributed by atoms with Gasteiger partial charge in [0.15, 0.2) is 0 Å². The van der Waals surface area contributed by atoms with Crippen molar-refractivity contribution in [1.29, 1.82) is 0 Å². The van der Waals surface area contributed by atoms with Crippen LogP contribution in [0, 0.1) is 0 Å². The van der Waals surface area contributed by atoms with Crippen molar-refractivity contribution in [2.45, 2.75) is 19.3 Å². The fourth-order valence-electron chi connectivity index (χ4n) is 3.24. The van der Waals surface area contributed by atoms with E-state index in [0.717, 1.165) is 24.5 Å². The summed E-state index contributed by atoms with van der Waals surface area (Å²) < 4.78 is 0. The molecule has 0 aromatic heterocycles. The minimum absolute atomic E-state index is 0.192. The van der Waals surface area contributed by atoms with Gasteiger partial charge >= 0.3 is 0 Å². The van der Waals surface area contributed by atoms with Crippen LogP contribution in [-0.4, -0.2) is 72.2 Å². The molecule has 2 aliphatic heterocycles. The molecule has 0 spiro atoms. The molecular weight excluding hydrogens is 306 g/mol. The van der Waals surface area contributed by atoms with Crippen molar-refractivity contribution in [2.24, 2.45) is 0 Å². The normalized spacial score (nSPS) is 18.0. The summed E-state index contributed by atoms with van der Waals surface area (Å²) in [4.78, 5) is 42.0. The van der Waals surface area contributed by atoms with E-state index in [2.05, 4.69) is 4.90 Å². The molecule has 1 saturated heterocycles. The first kappa shape index (κ1) is 16.6. The molecule has 0 aliphatic carbocycles. The van der Waals surface area contributed by atoms with Gasteiger partial charge in [-0.25, -0.2) is 0 Å². The van der Waals surface area contributed by atoms with E-state index in [-0.39, 0.29) is 24.3 Å². The van der Waals surface area contributed by atoms with Crippen molar-refractivity contribution in [3.63, 3.8) is 0 Å². The van der Waals surface area contributed by atoms with Crippen LogP contribution >= 0.6 is 0 Å². The largest absolute Gasteiger partial charge is 0.343 e. The highest BCUT2D eigenvalue weighted by Crippen LogP contribution is 2.22. The number of hydrogen-bond acceptors (Lipinski definition) is 4. The summed E-state index contributed by atoms with van der Waals surface area (Å²) >= 11 is 0. The summed E-state index contributed by atoms with van der Waals surface area (Å²) in [5.74, 6) is -0.969. The van der Waals surface area contributed by atoms with Crippen LogP contribution < -0.4 is 0 Å². The number of nitrogens with zero attached hydrogens (tertiary/aromatic N) is 3. The maximum Gasteiger partial charge on any atom is 0.262 e. The minimum Gasteiger partial charge on any atom is -0.343 e. The fourth-order valence-corrected chi connectivity index (χ4v) is 3.24. The zero-order valence-corrected chi connectivity index (χ0v) is 14.0. The van der Waals surface area contributed by atoms with Gasteiger partial charge in [-0.1, -0.05) is 18.6 Å². The summed E-state index contributed by atoms with van der Waals surface area (Å²) in [6.45, 7) is 3.43. The molecule has 6 heteroatoms. The molecule has 6 nitrogen and oxygen atoms in total. The van der Waals surface area contributed by atoms with Crippen molar-refractivity contribution >= 4 is 17.7 Å². The first-order valence-electron chi connectivity index (χ1n) is 8.49.